The molecule has 0 atom stereocenters. The van der Waals surface area contributed by atoms with Crippen LogP contribution in [-0.2, 0) is 0 Å². The second kappa shape index (κ2) is 2.73. The number of aromatic nitrogens is 3. The van der Waals surface area contributed by atoms with E-state index in [4.69, 9.17) is 0 Å². The number of rotatable bonds is 1. The van der Waals surface area contributed by atoms with E-state index in [1.807, 2.05) is 29.1 Å². The fourth-order valence-corrected chi connectivity index (χ4v) is 1.66. The molecule has 3 rings (SSSR count). The van der Waals surface area contributed by atoms with Gasteiger partial charge in [-0.2, -0.15) is 0 Å². The number of benzene rings is 1. The number of para-hydroxylation sites is 1. The summed E-state index contributed by atoms with van der Waals surface area (Å²) >= 11 is 0. The maximum Gasteiger partial charge on any atom is 0.211 e. The Kier molecular flexibility index (Phi) is 1.44. The lowest BCUT2D eigenvalue weighted by molar-refractivity contribution is 1.01. The summed E-state index contributed by atoms with van der Waals surface area (Å²) in [7, 11) is 0. The molecule has 0 spiro atoms. The molecule has 0 aliphatic carbocycles. The summed E-state index contributed by atoms with van der Waals surface area (Å²) in [5.41, 5.74) is 1.17. The standard InChI is InChI=1S/C11H9N3/c1-2-4-10-9(3-1)5-8-14(10)11-12-6-7-13-11/h1-8H,(H,12,13). The first kappa shape index (κ1) is 7.38. The number of nitrogens with zero attached hydrogens (tertiary/aromatic N) is 2. The highest BCUT2D eigenvalue weighted by atomic mass is 15.1. The molecule has 14 heavy (non-hydrogen) atoms. The Morgan fingerprint density at radius 1 is 1.14 bits per heavy atom. The van der Waals surface area contributed by atoms with Crippen LogP contribution in [0.15, 0.2) is 48.9 Å². The van der Waals surface area contributed by atoms with E-state index in [9.17, 15) is 0 Å². The molecule has 0 saturated carbocycles. The van der Waals surface area contributed by atoms with Gasteiger partial charge in [-0.1, -0.05) is 18.2 Å². The minimum atomic E-state index is 0.853. The molecule has 1 N–H and O–H groups in total. The SMILES string of the molecule is c1ccc2c(c1)ccn2-c1ncc[nH]1. The second-order valence-electron chi connectivity index (χ2n) is 3.16. The van der Waals surface area contributed by atoms with Gasteiger partial charge in [-0.15, -0.1) is 0 Å². The molecule has 1 aromatic carbocycles. The highest BCUT2D eigenvalue weighted by Crippen LogP contribution is 2.17. The summed E-state index contributed by atoms with van der Waals surface area (Å²) in [6.45, 7) is 0. The molecule has 0 aliphatic heterocycles. The van der Waals surface area contributed by atoms with E-state index in [1.54, 1.807) is 6.20 Å². The van der Waals surface area contributed by atoms with Crippen molar-refractivity contribution < 1.29 is 0 Å². The van der Waals surface area contributed by atoms with Gasteiger partial charge in [-0.25, -0.2) is 4.98 Å². The molecule has 3 heteroatoms. The first-order valence-corrected chi connectivity index (χ1v) is 4.51. The third-order valence-corrected chi connectivity index (χ3v) is 2.31. The molecule has 0 amide bonds. The summed E-state index contributed by atoms with van der Waals surface area (Å²) in [5.74, 6) is 0.853. The van der Waals surface area contributed by atoms with Crippen LogP contribution in [0.5, 0.6) is 0 Å². The Morgan fingerprint density at radius 3 is 2.93 bits per heavy atom. The van der Waals surface area contributed by atoms with E-state index in [0.29, 0.717) is 0 Å². The largest absolute Gasteiger partial charge is 0.330 e. The lowest BCUT2D eigenvalue weighted by Gasteiger charge is -1.99. The fraction of sp³-hybridized carbons (Fsp3) is 0. The monoisotopic (exact) mass is 183 g/mol. The quantitative estimate of drug-likeness (QED) is 0.617. The van der Waals surface area contributed by atoms with Gasteiger partial charge in [0.05, 0.1) is 5.52 Å². The highest BCUT2D eigenvalue weighted by molar-refractivity contribution is 5.81. The van der Waals surface area contributed by atoms with Gasteiger partial charge in [0.15, 0.2) is 0 Å². The van der Waals surface area contributed by atoms with E-state index in [2.05, 4.69) is 28.2 Å². The Labute approximate surface area is 81.0 Å². The number of imidazole rings is 1. The zero-order valence-electron chi connectivity index (χ0n) is 7.51. The highest BCUT2D eigenvalue weighted by Gasteiger charge is 2.02. The van der Waals surface area contributed by atoms with Crippen molar-refractivity contribution in [2.75, 3.05) is 0 Å². The average Bonchev–Trinajstić information content (AvgIpc) is 2.85. The van der Waals surface area contributed by atoms with E-state index < -0.39 is 0 Å². The van der Waals surface area contributed by atoms with Crippen molar-refractivity contribution in [3.05, 3.63) is 48.9 Å². The Hall–Kier alpha value is -2.03. The zero-order chi connectivity index (χ0) is 9.38. The van der Waals surface area contributed by atoms with Gasteiger partial charge in [0.25, 0.3) is 0 Å². The first-order valence-electron chi connectivity index (χ1n) is 4.51. The molecule has 3 nitrogen and oxygen atoms in total. The van der Waals surface area contributed by atoms with Crippen LogP contribution in [0, 0.1) is 0 Å². The van der Waals surface area contributed by atoms with Gasteiger partial charge in [-0.3, -0.25) is 4.57 Å². The Balaban J connectivity index is 2.33. The van der Waals surface area contributed by atoms with Crippen LogP contribution in [0.2, 0.25) is 0 Å². The number of H-pyrrole nitrogens is 1. The van der Waals surface area contributed by atoms with Gasteiger partial charge in [-0.05, 0) is 12.1 Å². The maximum absolute atomic E-state index is 4.22. The molecule has 0 fully saturated rings. The molecular weight excluding hydrogens is 174 g/mol. The number of hydrogen-bond donors (Lipinski definition) is 1. The van der Waals surface area contributed by atoms with E-state index >= 15 is 0 Å². The second-order valence-corrected chi connectivity index (χ2v) is 3.16. The number of aromatic amines is 1. The summed E-state index contributed by atoms with van der Waals surface area (Å²) < 4.78 is 2.04. The third-order valence-electron chi connectivity index (χ3n) is 2.31. The molecule has 0 unspecified atom stereocenters. The predicted octanol–water partition coefficient (Wildman–Crippen LogP) is 2.35. The van der Waals surface area contributed by atoms with Crippen LogP contribution in [0.4, 0.5) is 0 Å². The summed E-state index contributed by atoms with van der Waals surface area (Å²) in [6, 6.07) is 10.3. The molecule has 0 aliphatic rings. The lowest BCUT2D eigenvalue weighted by Crippen LogP contribution is -1.93. The topological polar surface area (TPSA) is 33.6 Å². The van der Waals surface area contributed by atoms with E-state index in [1.165, 1.54) is 10.9 Å². The van der Waals surface area contributed by atoms with Crippen molar-refractivity contribution in [1.29, 1.82) is 0 Å². The van der Waals surface area contributed by atoms with Crippen molar-refractivity contribution in [3.63, 3.8) is 0 Å². The molecule has 0 saturated heterocycles. The predicted molar refractivity (Wildman–Crippen MR) is 55.4 cm³/mol. The fourth-order valence-electron chi connectivity index (χ4n) is 1.66. The van der Waals surface area contributed by atoms with Crippen LogP contribution < -0.4 is 0 Å². The summed E-state index contributed by atoms with van der Waals surface area (Å²) in [5, 5.41) is 1.23. The van der Waals surface area contributed by atoms with Crippen molar-refractivity contribution in [2.45, 2.75) is 0 Å². The minimum absolute atomic E-state index is 0.853. The van der Waals surface area contributed by atoms with Gasteiger partial charge < -0.3 is 4.98 Å². The Morgan fingerprint density at radius 2 is 2.07 bits per heavy atom. The maximum atomic E-state index is 4.22. The summed E-state index contributed by atoms with van der Waals surface area (Å²) in [4.78, 5) is 7.30. The van der Waals surface area contributed by atoms with Crippen molar-refractivity contribution in [1.82, 2.24) is 14.5 Å². The van der Waals surface area contributed by atoms with Gasteiger partial charge >= 0.3 is 0 Å². The van der Waals surface area contributed by atoms with Crippen LogP contribution >= 0.6 is 0 Å². The number of hydrogen-bond acceptors (Lipinski definition) is 1. The Bertz CT molecular complexity index is 549. The van der Waals surface area contributed by atoms with Crippen LogP contribution in [0.25, 0.3) is 16.9 Å². The van der Waals surface area contributed by atoms with Crippen LogP contribution in [0.3, 0.4) is 0 Å². The molecule has 2 heterocycles. The average molecular weight is 183 g/mol. The molecule has 68 valence electrons. The third kappa shape index (κ3) is 0.956. The molecule has 2 aromatic heterocycles. The lowest BCUT2D eigenvalue weighted by atomic mass is 10.2. The van der Waals surface area contributed by atoms with Gasteiger partial charge in [0, 0.05) is 24.0 Å². The van der Waals surface area contributed by atoms with Crippen molar-refractivity contribution in [3.8, 4) is 5.95 Å². The molecular formula is C11H9N3. The van der Waals surface area contributed by atoms with E-state index in [0.717, 1.165) is 5.95 Å². The van der Waals surface area contributed by atoms with E-state index in [-0.39, 0.29) is 0 Å². The normalized spacial score (nSPS) is 10.9. The van der Waals surface area contributed by atoms with Gasteiger partial charge in [0.1, 0.15) is 0 Å². The smallest absolute Gasteiger partial charge is 0.211 e. The van der Waals surface area contributed by atoms with Gasteiger partial charge in [0.2, 0.25) is 5.95 Å². The van der Waals surface area contributed by atoms with Crippen LogP contribution in [-0.4, -0.2) is 14.5 Å². The number of fused-ring (bicyclic) bond motifs is 1. The number of nitrogens with one attached hydrogen (secondary N) is 1. The molecule has 0 bridgehead atoms. The van der Waals surface area contributed by atoms with Crippen molar-refractivity contribution in [2.24, 2.45) is 0 Å². The first-order chi connectivity index (χ1) is 6.95. The van der Waals surface area contributed by atoms with Crippen LogP contribution in [0.1, 0.15) is 0 Å². The molecule has 0 radical (unpaired) electrons. The molecule has 3 aromatic rings. The summed E-state index contributed by atoms with van der Waals surface area (Å²) in [6.07, 6.45) is 5.59. The zero-order valence-corrected chi connectivity index (χ0v) is 7.51. The minimum Gasteiger partial charge on any atom is -0.330 e. The van der Waals surface area contributed by atoms with Crippen molar-refractivity contribution >= 4 is 10.9 Å².